The van der Waals surface area contributed by atoms with Gasteiger partial charge >= 0.3 is 0 Å². The highest BCUT2D eigenvalue weighted by molar-refractivity contribution is 5.97. The second kappa shape index (κ2) is 9.01. The molecule has 1 aliphatic heterocycles. The van der Waals surface area contributed by atoms with Gasteiger partial charge in [-0.2, -0.15) is 0 Å². The number of rotatable bonds is 7. The fraction of sp³-hybridized carbons (Fsp3) is 0.240. The van der Waals surface area contributed by atoms with Gasteiger partial charge < -0.3 is 19.7 Å². The molecule has 0 saturated heterocycles. The summed E-state index contributed by atoms with van der Waals surface area (Å²) in [6, 6.07) is 23.1. The molecule has 0 radical (unpaired) electrons. The minimum Gasteiger partial charge on any atom is -0.493 e. The lowest BCUT2D eigenvalue weighted by Crippen LogP contribution is -2.34. The van der Waals surface area contributed by atoms with Gasteiger partial charge in [0.05, 0.1) is 18.2 Å². The van der Waals surface area contributed by atoms with Crippen LogP contribution in [-0.2, 0) is 6.42 Å². The Labute approximate surface area is 177 Å². The molecule has 1 aliphatic rings. The number of ether oxygens (including phenoxy) is 2. The van der Waals surface area contributed by atoms with E-state index in [9.17, 15) is 4.79 Å². The lowest BCUT2D eigenvalue weighted by atomic mass is 10.0. The van der Waals surface area contributed by atoms with Crippen molar-refractivity contribution in [3.8, 4) is 17.2 Å². The summed E-state index contributed by atoms with van der Waals surface area (Å²) in [5, 5.41) is 3.08. The molecule has 1 atom stereocenters. The van der Waals surface area contributed by atoms with Gasteiger partial charge in [0.25, 0.3) is 5.91 Å². The van der Waals surface area contributed by atoms with E-state index < -0.39 is 0 Å². The Bertz CT molecular complexity index is 1020. The van der Waals surface area contributed by atoms with Crippen LogP contribution in [0.1, 0.15) is 27.5 Å². The van der Waals surface area contributed by atoms with Gasteiger partial charge in [0.15, 0.2) is 0 Å². The summed E-state index contributed by atoms with van der Waals surface area (Å²) < 4.78 is 11.5. The third-order valence-corrected chi connectivity index (χ3v) is 5.28. The van der Waals surface area contributed by atoms with Crippen LogP contribution in [0.3, 0.4) is 0 Å². The Morgan fingerprint density at radius 1 is 1.07 bits per heavy atom. The summed E-state index contributed by atoms with van der Waals surface area (Å²) in [5.41, 5.74) is 2.91. The highest BCUT2D eigenvalue weighted by Gasteiger charge is 2.20. The van der Waals surface area contributed by atoms with Crippen molar-refractivity contribution in [3.05, 3.63) is 89.5 Å². The zero-order valence-corrected chi connectivity index (χ0v) is 17.3. The van der Waals surface area contributed by atoms with Crippen molar-refractivity contribution in [2.24, 2.45) is 0 Å². The SMILES string of the molecule is CN(C)C(CNC(=O)c1ccccc1Oc1ccccc1)c1ccc2c(c1)CCO2. The molecule has 5 heteroatoms. The quantitative estimate of drug-likeness (QED) is 0.635. The van der Waals surface area contributed by atoms with Gasteiger partial charge in [0, 0.05) is 13.0 Å². The summed E-state index contributed by atoms with van der Waals surface area (Å²) in [4.78, 5) is 15.1. The number of hydrogen-bond donors (Lipinski definition) is 1. The highest BCUT2D eigenvalue weighted by atomic mass is 16.5. The van der Waals surface area contributed by atoms with Crippen LogP contribution in [0.2, 0.25) is 0 Å². The molecule has 1 amide bonds. The molecule has 3 aromatic rings. The Morgan fingerprint density at radius 2 is 1.83 bits per heavy atom. The van der Waals surface area contributed by atoms with Gasteiger partial charge in [0.1, 0.15) is 17.2 Å². The zero-order chi connectivity index (χ0) is 20.9. The van der Waals surface area contributed by atoms with Crippen molar-refractivity contribution < 1.29 is 14.3 Å². The number of carbonyl (C=O) groups is 1. The largest absolute Gasteiger partial charge is 0.493 e. The smallest absolute Gasteiger partial charge is 0.255 e. The van der Waals surface area contributed by atoms with Gasteiger partial charge in [-0.1, -0.05) is 42.5 Å². The van der Waals surface area contributed by atoms with E-state index in [1.165, 1.54) is 11.1 Å². The molecule has 154 valence electrons. The van der Waals surface area contributed by atoms with E-state index in [0.717, 1.165) is 18.8 Å². The van der Waals surface area contributed by atoms with Crippen molar-refractivity contribution >= 4 is 5.91 Å². The summed E-state index contributed by atoms with van der Waals surface area (Å²) in [7, 11) is 4.04. The first-order valence-corrected chi connectivity index (χ1v) is 10.1. The van der Waals surface area contributed by atoms with Crippen LogP contribution < -0.4 is 14.8 Å². The topological polar surface area (TPSA) is 50.8 Å². The molecular formula is C25H26N2O3. The molecule has 30 heavy (non-hydrogen) atoms. The minimum atomic E-state index is -0.155. The molecule has 0 fully saturated rings. The van der Waals surface area contributed by atoms with Gasteiger partial charge in [0.2, 0.25) is 0 Å². The molecule has 3 aromatic carbocycles. The fourth-order valence-corrected chi connectivity index (χ4v) is 3.66. The average molecular weight is 402 g/mol. The Morgan fingerprint density at radius 3 is 2.63 bits per heavy atom. The summed E-state index contributed by atoms with van der Waals surface area (Å²) in [6.07, 6.45) is 0.930. The molecular weight excluding hydrogens is 376 g/mol. The molecule has 0 saturated carbocycles. The number of fused-ring (bicyclic) bond motifs is 1. The van der Waals surface area contributed by atoms with Crippen LogP contribution >= 0.6 is 0 Å². The predicted molar refractivity (Wildman–Crippen MR) is 117 cm³/mol. The first-order chi connectivity index (χ1) is 14.6. The van der Waals surface area contributed by atoms with Gasteiger partial charge in [-0.3, -0.25) is 4.79 Å². The van der Waals surface area contributed by atoms with Crippen LogP contribution in [0.15, 0.2) is 72.8 Å². The lowest BCUT2D eigenvalue weighted by Gasteiger charge is -2.25. The third kappa shape index (κ3) is 4.47. The lowest BCUT2D eigenvalue weighted by molar-refractivity contribution is 0.0939. The average Bonchev–Trinajstić information content (AvgIpc) is 3.23. The molecule has 0 bridgehead atoms. The van der Waals surface area contributed by atoms with E-state index >= 15 is 0 Å². The van der Waals surface area contributed by atoms with Crippen LogP contribution in [-0.4, -0.2) is 38.1 Å². The normalized spacial score (nSPS) is 13.4. The Kier molecular flexibility index (Phi) is 6.00. The number of carbonyl (C=O) groups excluding carboxylic acids is 1. The molecule has 0 aliphatic carbocycles. The molecule has 4 rings (SSSR count). The molecule has 5 nitrogen and oxygen atoms in total. The molecule has 1 heterocycles. The van der Waals surface area contributed by atoms with E-state index in [0.29, 0.717) is 23.6 Å². The van der Waals surface area contributed by atoms with Crippen LogP contribution in [0.5, 0.6) is 17.2 Å². The van der Waals surface area contributed by atoms with Crippen LogP contribution in [0.4, 0.5) is 0 Å². The Hall–Kier alpha value is -3.31. The second-order valence-corrected chi connectivity index (χ2v) is 7.57. The first-order valence-electron chi connectivity index (χ1n) is 10.1. The molecule has 0 spiro atoms. The third-order valence-electron chi connectivity index (χ3n) is 5.28. The zero-order valence-electron chi connectivity index (χ0n) is 17.3. The van der Waals surface area contributed by atoms with Crippen molar-refractivity contribution in [2.75, 3.05) is 27.2 Å². The van der Waals surface area contributed by atoms with Crippen molar-refractivity contribution in [2.45, 2.75) is 12.5 Å². The second-order valence-electron chi connectivity index (χ2n) is 7.57. The number of amides is 1. The maximum atomic E-state index is 13.0. The fourth-order valence-electron chi connectivity index (χ4n) is 3.66. The first kappa shape index (κ1) is 20.0. The van der Waals surface area contributed by atoms with E-state index in [-0.39, 0.29) is 11.9 Å². The van der Waals surface area contributed by atoms with Crippen molar-refractivity contribution in [3.63, 3.8) is 0 Å². The Balaban J connectivity index is 1.48. The number of hydrogen-bond acceptors (Lipinski definition) is 4. The number of benzene rings is 3. The number of para-hydroxylation sites is 2. The van der Waals surface area contributed by atoms with Crippen LogP contribution in [0.25, 0.3) is 0 Å². The van der Waals surface area contributed by atoms with E-state index in [2.05, 4.69) is 22.3 Å². The number of likely N-dealkylation sites (N-methyl/N-ethyl adjacent to an activating group) is 1. The van der Waals surface area contributed by atoms with Gasteiger partial charge in [-0.15, -0.1) is 0 Å². The summed E-state index contributed by atoms with van der Waals surface area (Å²) in [5.74, 6) is 2.05. The molecule has 0 aromatic heterocycles. The monoisotopic (exact) mass is 402 g/mol. The summed E-state index contributed by atoms with van der Waals surface area (Å²) >= 11 is 0. The number of nitrogens with zero attached hydrogens (tertiary/aromatic N) is 1. The standard InChI is InChI=1S/C25H26N2O3/c1-27(2)22(18-12-13-23-19(16-18)14-15-29-23)17-26-25(28)21-10-6-7-11-24(21)30-20-8-4-3-5-9-20/h3-13,16,22H,14-15,17H2,1-2H3,(H,26,28). The van der Waals surface area contributed by atoms with Gasteiger partial charge in [-0.25, -0.2) is 0 Å². The van der Waals surface area contributed by atoms with Crippen LogP contribution in [0, 0.1) is 0 Å². The maximum absolute atomic E-state index is 13.0. The maximum Gasteiger partial charge on any atom is 0.255 e. The highest BCUT2D eigenvalue weighted by Crippen LogP contribution is 2.30. The summed E-state index contributed by atoms with van der Waals surface area (Å²) in [6.45, 7) is 1.23. The van der Waals surface area contributed by atoms with Crippen molar-refractivity contribution in [1.82, 2.24) is 10.2 Å². The molecule has 1 unspecified atom stereocenters. The van der Waals surface area contributed by atoms with E-state index in [4.69, 9.17) is 9.47 Å². The predicted octanol–water partition coefficient (Wildman–Crippen LogP) is 4.45. The molecule has 1 N–H and O–H groups in total. The number of nitrogens with one attached hydrogen (secondary N) is 1. The van der Waals surface area contributed by atoms with E-state index in [1.807, 2.05) is 68.7 Å². The van der Waals surface area contributed by atoms with Crippen molar-refractivity contribution in [1.29, 1.82) is 0 Å². The van der Waals surface area contributed by atoms with E-state index in [1.54, 1.807) is 6.07 Å². The minimum absolute atomic E-state index is 0.0575. The van der Waals surface area contributed by atoms with Gasteiger partial charge in [-0.05, 0) is 55.6 Å².